The molecule has 25 heavy (non-hydrogen) atoms. The Labute approximate surface area is 157 Å². The number of carbonyl (C=O) groups excluding carboxylic acids is 1. The molecule has 1 heterocycles. The van der Waals surface area contributed by atoms with Crippen LogP contribution in [0.5, 0.6) is 0 Å². The van der Waals surface area contributed by atoms with Crippen LogP contribution in [0.1, 0.15) is 23.6 Å². The molecule has 2 aromatic carbocycles. The van der Waals surface area contributed by atoms with Gasteiger partial charge in [-0.25, -0.2) is 4.79 Å². The number of halogens is 2. The van der Waals surface area contributed by atoms with Crippen LogP contribution in [-0.4, -0.2) is 33.2 Å². The average molecular weight is 379 g/mol. The molecule has 1 N–H and O–H groups in total. The zero-order valence-corrected chi connectivity index (χ0v) is 15.7. The van der Waals surface area contributed by atoms with Gasteiger partial charge in [-0.15, -0.1) is 0 Å². The molecule has 1 fully saturated rings. The normalized spacial score (nSPS) is 20.4. The van der Waals surface area contributed by atoms with Crippen molar-refractivity contribution in [3.05, 3.63) is 69.2 Å². The molecule has 0 spiro atoms. The minimum atomic E-state index is -1.26. The number of carbonyl (C=O) groups is 1. The van der Waals surface area contributed by atoms with Crippen molar-refractivity contribution in [3.8, 4) is 0 Å². The Morgan fingerprint density at radius 2 is 1.72 bits per heavy atom. The standard InChI is InChI=1S/C19H20Cl2N2O2/c1-13-6-3-4-7-14(13)10-23-18(24)22(12-19(23,2)25)11-15-16(20)8-5-9-17(15)21/h3-9,25H,10-12H2,1-2H3. The lowest BCUT2D eigenvalue weighted by Gasteiger charge is -2.28. The first kappa shape index (κ1) is 18.1. The predicted octanol–water partition coefficient (Wildman–Crippen LogP) is 4.45. The van der Waals surface area contributed by atoms with Gasteiger partial charge in [0.2, 0.25) is 0 Å². The summed E-state index contributed by atoms with van der Waals surface area (Å²) in [6, 6.07) is 12.9. The molecule has 2 amide bonds. The van der Waals surface area contributed by atoms with Crippen LogP contribution < -0.4 is 0 Å². The van der Waals surface area contributed by atoms with E-state index in [1.807, 2.05) is 31.2 Å². The monoisotopic (exact) mass is 378 g/mol. The van der Waals surface area contributed by atoms with Gasteiger partial charge >= 0.3 is 6.03 Å². The van der Waals surface area contributed by atoms with E-state index in [9.17, 15) is 9.90 Å². The highest BCUT2D eigenvalue weighted by Gasteiger charge is 2.45. The van der Waals surface area contributed by atoms with Crippen LogP contribution in [0, 0.1) is 6.92 Å². The molecule has 1 aliphatic heterocycles. The lowest BCUT2D eigenvalue weighted by molar-refractivity contribution is -0.0438. The molecule has 4 nitrogen and oxygen atoms in total. The quantitative estimate of drug-likeness (QED) is 0.853. The number of aliphatic hydroxyl groups is 1. The molecule has 0 radical (unpaired) electrons. The number of aryl methyl sites for hydroxylation is 1. The first-order valence-corrected chi connectivity index (χ1v) is 8.81. The molecule has 0 aliphatic carbocycles. The van der Waals surface area contributed by atoms with E-state index in [1.165, 1.54) is 4.90 Å². The van der Waals surface area contributed by atoms with E-state index in [1.54, 1.807) is 30.0 Å². The molecule has 0 aromatic heterocycles. The SMILES string of the molecule is Cc1ccccc1CN1C(=O)N(Cc2c(Cl)cccc2Cl)CC1(C)O. The third-order valence-corrected chi connectivity index (χ3v) is 5.28. The molecule has 3 rings (SSSR count). The molecule has 1 atom stereocenters. The van der Waals surface area contributed by atoms with Crippen molar-refractivity contribution >= 4 is 29.2 Å². The summed E-state index contributed by atoms with van der Waals surface area (Å²) in [5.74, 6) is 0. The van der Waals surface area contributed by atoms with E-state index in [0.29, 0.717) is 22.2 Å². The van der Waals surface area contributed by atoms with E-state index in [-0.39, 0.29) is 19.1 Å². The lowest BCUT2D eigenvalue weighted by atomic mass is 10.1. The Morgan fingerprint density at radius 3 is 2.36 bits per heavy atom. The first-order valence-electron chi connectivity index (χ1n) is 8.06. The topological polar surface area (TPSA) is 43.8 Å². The zero-order chi connectivity index (χ0) is 18.2. The van der Waals surface area contributed by atoms with Crippen LogP contribution >= 0.6 is 23.2 Å². The van der Waals surface area contributed by atoms with Gasteiger partial charge in [-0.1, -0.05) is 53.5 Å². The fourth-order valence-electron chi connectivity index (χ4n) is 3.08. The van der Waals surface area contributed by atoms with E-state index in [0.717, 1.165) is 11.1 Å². The summed E-state index contributed by atoms with van der Waals surface area (Å²) in [4.78, 5) is 15.9. The molecular formula is C19H20Cl2N2O2. The van der Waals surface area contributed by atoms with Gasteiger partial charge in [0.25, 0.3) is 0 Å². The maximum Gasteiger partial charge on any atom is 0.323 e. The molecule has 1 saturated heterocycles. The molecule has 2 aromatic rings. The van der Waals surface area contributed by atoms with Crippen LogP contribution in [0.4, 0.5) is 4.79 Å². The summed E-state index contributed by atoms with van der Waals surface area (Å²) in [7, 11) is 0. The fourth-order valence-corrected chi connectivity index (χ4v) is 3.60. The molecular weight excluding hydrogens is 359 g/mol. The summed E-state index contributed by atoms with van der Waals surface area (Å²) in [5, 5.41) is 11.8. The Bertz CT molecular complexity index is 788. The maximum atomic E-state index is 12.9. The van der Waals surface area contributed by atoms with Crippen molar-refractivity contribution in [3.63, 3.8) is 0 Å². The van der Waals surface area contributed by atoms with Crippen molar-refractivity contribution < 1.29 is 9.90 Å². The van der Waals surface area contributed by atoms with Gasteiger partial charge in [0.05, 0.1) is 19.6 Å². The van der Waals surface area contributed by atoms with Gasteiger partial charge in [-0.05, 0) is 37.1 Å². The van der Waals surface area contributed by atoms with Crippen LogP contribution in [0.25, 0.3) is 0 Å². The molecule has 1 unspecified atom stereocenters. The highest BCUT2D eigenvalue weighted by Crippen LogP contribution is 2.31. The van der Waals surface area contributed by atoms with Gasteiger partial charge in [-0.2, -0.15) is 0 Å². The van der Waals surface area contributed by atoms with Crippen LogP contribution in [0.2, 0.25) is 10.0 Å². The van der Waals surface area contributed by atoms with E-state index < -0.39 is 5.72 Å². The van der Waals surface area contributed by atoms with Crippen molar-refractivity contribution in [2.45, 2.75) is 32.7 Å². The fraction of sp³-hybridized carbons (Fsp3) is 0.316. The van der Waals surface area contributed by atoms with E-state index in [4.69, 9.17) is 23.2 Å². The van der Waals surface area contributed by atoms with Crippen LogP contribution in [0.3, 0.4) is 0 Å². The molecule has 0 saturated carbocycles. The van der Waals surface area contributed by atoms with E-state index in [2.05, 4.69) is 0 Å². The highest BCUT2D eigenvalue weighted by molar-refractivity contribution is 6.36. The summed E-state index contributed by atoms with van der Waals surface area (Å²) >= 11 is 12.4. The number of benzene rings is 2. The largest absolute Gasteiger partial charge is 0.369 e. The number of urea groups is 1. The minimum absolute atomic E-state index is 0.194. The summed E-state index contributed by atoms with van der Waals surface area (Å²) in [5.41, 5.74) is 1.52. The van der Waals surface area contributed by atoms with Gasteiger partial charge in [0, 0.05) is 15.6 Å². The molecule has 1 aliphatic rings. The summed E-state index contributed by atoms with van der Waals surface area (Å²) in [6.45, 7) is 4.45. The second-order valence-electron chi connectivity index (χ2n) is 6.57. The zero-order valence-electron chi connectivity index (χ0n) is 14.2. The lowest BCUT2D eigenvalue weighted by Crippen LogP contribution is -2.43. The Hall–Kier alpha value is -1.75. The summed E-state index contributed by atoms with van der Waals surface area (Å²) < 4.78 is 0. The highest BCUT2D eigenvalue weighted by atomic mass is 35.5. The number of hydrogen-bond donors (Lipinski definition) is 1. The number of nitrogens with zero attached hydrogens (tertiary/aromatic N) is 2. The number of amides is 2. The molecule has 132 valence electrons. The maximum absolute atomic E-state index is 12.9. The van der Waals surface area contributed by atoms with Gasteiger partial charge in [-0.3, -0.25) is 4.90 Å². The predicted molar refractivity (Wildman–Crippen MR) is 99.6 cm³/mol. The first-order chi connectivity index (χ1) is 11.8. The van der Waals surface area contributed by atoms with Gasteiger partial charge < -0.3 is 10.0 Å². The second-order valence-corrected chi connectivity index (χ2v) is 7.38. The number of rotatable bonds is 4. The second kappa shape index (κ2) is 6.87. The smallest absolute Gasteiger partial charge is 0.323 e. The third kappa shape index (κ3) is 3.61. The molecule has 6 heteroatoms. The van der Waals surface area contributed by atoms with Crippen LogP contribution in [0.15, 0.2) is 42.5 Å². The van der Waals surface area contributed by atoms with Crippen molar-refractivity contribution in [2.75, 3.05) is 6.54 Å². The van der Waals surface area contributed by atoms with Gasteiger partial charge in [0.15, 0.2) is 5.72 Å². The Kier molecular flexibility index (Phi) is 4.96. The molecule has 0 bridgehead atoms. The minimum Gasteiger partial charge on any atom is -0.369 e. The van der Waals surface area contributed by atoms with Crippen molar-refractivity contribution in [1.82, 2.24) is 9.80 Å². The summed E-state index contributed by atoms with van der Waals surface area (Å²) in [6.07, 6.45) is 0. The number of β-amino-alcohol motifs (C(OH)–C–C–N with tert-alkyl or cyclic N) is 1. The van der Waals surface area contributed by atoms with E-state index >= 15 is 0 Å². The third-order valence-electron chi connectivity index (χ3n) is 4.57. The van der Waals surface area contributed by atoms with Crippen molar-refractivity contribution in [1.29, 1.82) is 0 Å². The number of hydrogen-bond acceptors (Lipinski definition) is 2. The van der Waals surface area contributed by atoms with Gasteiger partial charge in [0.1, 0.15) is 0 Å². The van der Waals surface area contributed by atoms with Crippen molar-refractivity contribution in [2.24, 2.45) is 0 Å². The average Bonchev–Trinajstić information content (AvgIpc) is 2.76. The Balaban J connectivity index is 1.83. The Morgan fingerprint density at radius 1 is 1.08 bits per heavy atom. The van der Waals surface area contributed by atoms with Crippen LogP contribution in [-0.2, 0) is 13.1 Å².